The average molecular weight is 248 g/mol. The molecule has 1 aromatic rings. The van der Waals surface area contributed by atoms with Gasteiger partial charge in [0.25, 0.3) is 5.56 Å². The third kappa shape index (κ3) is 1.90. The van der Waals surface area contributed by atoms with E-state index in [1.54, 1.807) is 13.0 Å². The van der Waals surface area contributed by atoms with E-state index in [-0.39, 0.29) is 6.61 Å². The van der Waals surface area contributed by atoms with Crippen molar-refractivity contribution < 1.29 is 9.84 Å². The van der Waals surface area contributed by atoms with Gasteiger partial charge in [-0.1, -0.05) is 5.92 Å². The van der Waals surface area contributed by atoms with Crippen LogP contribution in [0.5, 0.6) is 0 Å². The molecule has 2 N–H and O–H groups in total. The smallest absolute Gasteiger partial charge is 0.330 e. The summed E-state index contributed by atoms with van der Waals surface area (Å²) in [7, 11) is 0. The predicted octanol–water partition coefficient (Wildman–Crippen LogP) is -0.706. The lowest BCUT2D eigenvalue weighted by molar-refractivity contribution is -0.0503. The number of terminal acetylenes is 1. The molecule has 18 heavy (non-hydrogen) atoms. The number of aromatic nitrogens is 2. The molecule has 0 radical (unpaired) electrons. The van der Waals surface area contributed by atoms with Gasteiger partial charge in [-0.15, -0.1) is 6.42 Å². The minimum Gasteiger partial charge on any atom is -0.392 e. The molecule has 2 rings (SSSR count). The Hall–Kier alpha value is -2.10. The Balaban J connectivity index is 2.41. The highest BCUT2D eigenvalue weighted by Crippen LogP contribution is 2.27. The first-order chi connectivity index (χ1) is 8.51. The molecule has 0 saturated carbocycles. The summed E-state index contributed by atoms with van der Waals surface area (Å²) in [5, 5.41) is 9.19. The molecule has 0 aliphatic carbocycles. The molecule has 0 saturated heterocycles. The molecule has 0 fully saturated rings. The van der Waals surface area contributed by atoms with Gasteiger partial charge in [-0.2, -0.15) is 0 Å². The third-order valence-corrected chi connectivity index (χ3v) is 2.76. The first-order valence-corrected chi connectivity index (χ1v) is 5.29. The zero-order valence-corrected chi connectivity index (χ0v) is 9.71. The van der Waals surface area contributed by atoms with Crippen molar-refractivity contribution in [3.63, 3.8) is 0 Å². The monoisotopic (exact) mass is 248 g/mol. The second-order valence-electron chi connectivity index (χ2n) is 4.04. The number of ether oxygens (including phenoxy) is 1. The first kappa shape index (κ1) is 12.4. The molecule has 1 aromatic heterocycles. The molecule has 1 aliphatic heterocycles. The zero-order valence-electron chi connectivity index (χ0n) is 9.71. The number of nitrogens with zero attached hydrogens (tertiary/aromatic N) is 1. The molecule has 0 aromatic carbocycles. The Kier molecular flexibility index (Phi) is 2.95. The van der Waals surface area contributed by atoms with Crippen LogP contribution in [0.4, 0.5) is 0 Å². The van der Waals surface area contributed by atoms with Gasteiger partial charge in [0.05, 0.1) is 6.61 Å². The van der Waals surface area contributed by atoms with Crippen molar-refractivity contribution in [2.45, 2.75) is 18.8 Å². The van der Waals surface area contributed by atoms with Crippen LogP contribution < -0.4 is 11.2 Å². The number of aliphatic hydroxyl groups excluding tert-OH is 1. The largest absolute Gasteiger partial charge is 0.392 e. The van der Waals surface area contributed by atoms with Crippen LogP contribution in [-0.4, -0.2) is 26.9 Å². The number of rotatable bonds is 2. The van der Waals surface area contributed by atoms with E-state index in [9.17, 15) is 14.7 Å². The molecule has 6 nitrogen and oxygen atoms in total. The Morgan fingerprint density at radius 3 is 2.94 bits per heavy atom. The molecule has 6 heteroatoms. The maximum Gasteiger partial charge on any atom is 0.330 e. The van der Waals surface area contributed by atoms with Gasteiger partial charge < -0.3 is 9.84 Å². The fourth-order valence-electron chi connectivity index (χ4n) is 1.67. The molecule has 2 atom stereocenters. The normalized spacial score (nSPS) is 26.2. The fourth-order valence-corrected chi connectivity index (χ4v) is 1.67. The summed E-state index contributed by atoms with van der Waals surface area (Å²) in [6.07, 6.45) is 9.01. The molecule has 1 aliphatic rings. The van der Waals surface area contributed by atoms with E-state index in [0.29, 0.717) is 5.56 Å². The lowest BCUT2D eigenvalue weighted by Crippen LogP contribution is -2.36. The van der Waals surface area contributed by atoms with Crippen molar-refractivity contribution in [3.05, 3.63) is 44.8 Å². The van der Waals surface area contributed by atoms with Gasteiger partial charge in [0.15, 0.2) is 11.8 Å². The van der Waals surface area contributed by atoms with E-state index in [1.165, 1.54) is 16.8 Å². The lowest BCUT2D eigenvalue weighted by Gasteiger charge is -2.21. The van der Waals surface area contributed by atoms with E-state index < -0.39 is 23.1 Å². The van der Waals surface area contributed by atoms with Crippen LogP contribution in [0.25, 0.3) is 0 Å². The van der Waals surface area contributed by atoms with Gasteiger partial charge in [0.2, 0.25) is 0 Å². The Labute approximate surface area is 103 Å². The minimum absolute atomic E-state index is 0.381. The van der Waals surface area contributed by atoms with Crippen LogP contribution in [0.15, 0.2) is 27.9 Å². The lowest BCUT2D eigenvalue weighted by atomic mass is 10.1. The quantitative estimate of drug-likeness (QED) is 0.535. The highest BCUT2D eigenvalue weighted by molar-refractivity contribution is 5.25. The SMILES string of the molecule is C#C[C@@]1(CO)C=C[C@@H](n2cc(C)c(=O)[nH]c2=O)O1. The van der Waals surface area contributed by atoms with Gasteiger partial charge >= 0.3 is 5.69 Å². The molecule has 0 bridgehead atoms. The molecule has 0 amide bonds. The number of hydrogen-bond acceptors (Lipinski definition) is 4. The molecule has 94 valence electrons. The standard InChI is InChI=1S/C12H12N2O4/c1-3-12(7-15)5-4-9(18-12)14-6-8(2)10(16)13-11(14)17/h1,4-6,9,15H,7H2,2H3,(H,13,16,17)/t9-,12-/m0/s1. The van der Waals surface area contributed by atoms with Gasteiger partial charge in [-0.05, 0) is 19.1 Å². The summed E-state index contributed by atoms with van der Waals surface area (Å²) in [5.74, 6) is 2.33. The van der Waals surface area contributed by atoms with Crippen molar-refractivity contribution in [3.8, 4) is 12.3 Å². The summed E-state index contributed by atoms with van der Waals surface area (Å²) < 4.78 is 6.66. The number of H-pyrrole nitrogens is 1. The zero-order chi connectivity index (χ0) is 13.3. The third-order valence-electron chi connectivity index (χ3n) is 2.76. The predicted molar refractivity (Wildman–Crippen MR) is 64.0 cm³/mol. The molecule has 0 spiro atoms. The van der Waals surface area contributed by atoms with Crippen LogP contribution >= 0.6 is 0 Å². The topological polar surface area (TPSA) is 84.3 Å². The number of nitrogens with one attached hydrogen (secondary N) is 1. The van der Waals surface area contributed by atoms with E-state index in [4.69, 9.17) is 11.2 Å². The second-order valence-corrected chi connectivity index (χ2v) is 4.04. The molecule has 2 heterocycles. The Morgan fingerprint density at radius 2 is 2.39 bits per heavy atom. The molecule has 0 unspecified atom stereocenters. The maximum atomic E-state index is 11.6. The van der Waals surface area contributed by atoms with Gasteiger partial charge in [-0.3, -0.25) is 14.3 Å². The first-order valence-electron chi connectivity index (χ1n) is 5.29. The van der Waals surface area contributed by atoms with E-state index >= 15 is 0 Å². The van der Waals surface area contributed by atoms with Crippen molar-refractivity contribution in [2.75, 3.05) is 6.61 Å². The van der Waals surface area contributed by atoms with Gasteiger partial charge in [0, 0.05) is 11.8 Å². The van der Waals surface area contributed by atoms with E-state index in [2.05, 4.69) is 10.9 Å². The van der Waals surface area contributed by atoms with Crippen LogP contribution in [0.2, 0.25) is 0 Å². The number of aromatic amines is 1. The minimum atomic E-state index is -1.21. The summed E-state index contributed by atoms with van der Waals surface area (Å²) in [6.45, 7) is 1.20. The van der Waals surface area contributed by atoms with Crippen LogP contribution in [0.3, 0.4) is 0 Å². The maximum absolute atomic E-state index is 11.6. The van der Waals surface area contributed by atoms with Gasteiger partial charge in [0.1, 0.15) is 0 Å². The van der Waals surface area contributed by atoms with E-state index in [0.717, 1.165) is 0 Å². The fraction of sp³-hybridized carbons (Fsp3) is 0.333. The highest BCUT2D eigenvalue weighted by Gasteiger charge is 2.34. The number of hydrogen-bond donors (Lipinski definition) is 2. The molecular weight excluding hydrogens is 236 g/mol. The van der Waals surface area contributed by atoms with Crippen LogP contribution in [0.1, 0.15) is 11.8 Å². The summed E-state index contributed by atoms with van der Waals surface area (Å²) in [5.41, 5.74) is -1.86. The Bertz CT molecular complexity index is 649. The van der Waals surface area contributed by atoms with Crippen LogP contribution in [0, 0.1) is 19.3 Å². The average Bonchev–Trinajstić information content (AvgIpc) is 2.79. The van der Waals surface area contributed by atoms with E-state index in [1.807, 2.05) is 0 Å². The van der Waals surface area contributed by atoms with Crippen molar-refractivity contribution in [2.24, 2.45) is 0 Å². The number of aliphatic hydroxyl groups is 1. The highest BCUT2D eigenvalue weighted by atomic mass is 16.5. The van der Waals surface area contributed by atoms with Crippen molar-refractivity contribution >= 4 is 0 Å². The summed E-state index contributed by atoms with van der Waals surface area (Å²) >= 11 is 0. The summed E-state index contributed by atoms with van der Waals surface area (Å²) in [6, 6.07) is 0. The van der Waals surface area contributed by atoms with Crippen LogP contribution in [-0.2, 0) is 4.74 Å². The van der Waals surface area contributed by atoms with Crippen molar-refractivity contribution in [1.29, 1.82) is 0 Å². The second kappa shape index (κ2) is 4.29. The molecular formula is C12H12N2O4. The number of aryl methyl sites for hydroxylation is 1. The Morgan fingerprint density at radius 1 is 1.67 bits per heavy atom. The summed E-state index contributed by atoms with van der Waals surface area (Å²) in [4.78, 5) is 25.1. The van der Waals surface area contributed by atoms with Gasteiger partial charge in [-0.25, -0.2) is 4.79 Å². The van der Waals surface area contributed by atoms with Crippen molar-refractivity contribution in [1.82, 2.24) is 9.55 Å².